The Hall–Kier alpha value is -2.95. The first kappa shape index (κ1) is 8.42. The van der Waals surface area contributed by atoms with Gasteiger partial charge in [0, 0.05) is 12.0 Å². The summed E-state index contributed by atoms with van der Waals surface area (Å²) in [7, 11) is 0. The Labute approximate surface area is 194 Å². The zero-order chi connectivity index (χ0) is 34.7. The van der Waals surface area contributed by atoms with Gasteiger partial charge in [-0.05, 0) is 60.6 Å². The van der Waals surface area contributed by atoms with E-state index in [9.17, 15) is 15.0 Å². The Balaban J connectivity index is 2.05. The van der Waals surface area contributed by atoms with Crippen LogP contribution in [0.3, 0.4) is 0 Å². The molecule has 0 aliphatic rings. The lowest BCUT2D eigenvalue weighted by atomic mass is 9.99. The van der Waals surface area contributed by atoms with Gasteiger partial charge in [-0.2, -0.15) is 0 Å². The summed E-state index contributed by atoms with van der Waals surface area (Å²) in [6, 6.07) is -9.32. The largest absolute Gasteiger partial charge is 0.478 e. The van der Waals surface area contributed by atoms with E-state index in [4.69, 9.17) is 21.9 Å². The SMILES string of the molecule is [2H]c1c([2H])c(CCC([2H])([2H])NC([2H])([2H])[C@H](O)c2c([2H])c([2H])c([2H])c(C)c2[2H])c([2H])c(-c2c([2H])c([2H])c([2H])c(C(=O)O)c2[2H])c1[2H]. The van der Waals surface area contributed by atoms with Crippen molar-refractivity contribution in [3.05, 3.63) is 94.8 Å². The smallest absolute Gasteiger partial charge is 0.335 e. The maximum Gasteiger partial charge on any atom is 0.335 e. The van der Waals surface area contributed by atoms with Gasteiger partial charge in [0.05, 0.1) is 28.1 Å². The lowest BCUT2D eigenvalue weighted by Gasteiger charge is -2.13. The van der Waals surface area contributed by atoms with Gasteiger partial charge in [-0.3, -0.25) is 0 Å². The normalized spacial score (nSPS) is 20.8. The first-order valence-electron chi connectivity index (χ1n) is 16.5. The van der Waals surface area contributed by atoms with Crippen LogP contribution in [0.1, 0.15) is 61.5 Å². The molecule has 0 unspecified atom stereocenters. The van der Waals surface area contributed by atoms with Crippen LogP contribution in [0.5, 0.6) is 0 Å². The predicted octanol–water partition coefficient (Wildman–Crippen LogP) is 4.62. The molecule has 0 heterocycles. The second-order valence-electron chi connectivity index (χ2n) is 5.80. The molecule has 0 spiro atoms. The van der Waals surface area contributed by atoms with Gasteiger partial charge in [-0.1, -0.05) is 66.0 Å². The van der Waals surface area contributed by atoms with Crippen LogP contribution in [0.15, 0.2) is 72.5 Å². The molecule has 3 rings (SSSR count). The number of aromatic carboxylic acids is 1. The van der Waals surface area contributed by atoms with E-state index in [0.717, 1.165) is 0 Å². The number of aliphatic hydroxyl groups is 1. The zero-order valence-corrected chi connectivity index (χ0v) is 15.3. The highest BCUT2D eigenvalue weighted by Gasteiger charge is 2.07. The van der Waals surface area contributed by atoms with Crippen LogP contribution in [0.4, 0.5) is 0 Å². The molecule has 4 nitrogen and oxygen atoms in total. The molecular weight excluding hydrogens is 362 g/mol. The zero-order valence-electron chi connectivity index (χ0n) is 31.3. The number of hydrogen-bond donors (Lipinski definition) is 3. The Bertz CT molecular complexity index is 1700. The number of nitrogens with one attached hydrogen (secondary N) is 1. The minimum atomic E-state index is -3.07. The summed E-state index contributed by atoms with van der Waals surface area (Å²) >= 11 is 0. The predicted molar refractivity (Wildman–Crippen MR) is 116 cm³/mol. The summed E-state index contributed by atoms with van der Waals surface area (Å²) in [5, 5.41) is 22.2. The number of aliphatic hydroxyl groups excluding tert-OH is 1. The molecule has 0 aliphatic carbocycles. The van der Waals surface area contributed by atoms with Crippen LogP contribution in [-0.2, 0) is 6.42 Å². The molecule has 150 valence electrons. The van der Waals surface area contributed by atoms with Crippen molar-refractivity contribution in [3.8, 4) is 11.1 Å². The van der Waals surface area contributed by atoms with Gasteiger partial charge in [0.15, 0.2) is 0 Å². The van der Waals surface area contributed by atoms with Crippen LogP contribution < -0.4 is 5.32 Å². The van der Waals surface area contributed by atoms with E-state index in [1.165, 1.54) is 6.92 Å². The Morgan fingerprint density at radius 3 is 2.59 bits per heavy atom. The average Bonchev–Trinajstić information content (AvgIpc) is 2.93. The van der Waals surface area contributed by atoms with Crippen LogP contribution in [0.25, 0.3) is 11.1 Å². The summed E-state index contributed by atoms with van der Waals surface area (Å²) in [5.74, 6) is -1.78. The van der Waals surface area contributed by atoms with E-state index in [2.05, 4.69) is 0 Å². The number of carboxylic acid groups (broad SMARTS) is 1. The molecule has 0 amide bonds. The molecular formula is C25H27NO3. The van der Waals surface area contributed by atoms with Crippen molar-refractivity contribution in [2.24, 2.45) is 0 Å². The molecule has 3 aromatic carbocycles. The third-order valence-corrected chi connectivity index (χ3v) is 3.61. The standard InChI is InChI=1S/C25H27NO3/c1-18-6-2-11-22(14-18)24(27)17-26-13-5-8-19-7-3-9-20(15-19)21-10-4-12-23(16-21)25(28)29/h2-4,6-7,9-12,14-16,24,26-27H,5,8,13,17H2,1H3,(H,28,29)/t24-/m0/s1/i2D,3D,4D,6D,7D,9D,10D,11D,12D,13D2,14D,15D,16D,17D2. The molecule has 3 aromatic rings. The van der Waals surface area contributed by atoms with E-state index in [1.54, 1.807) is 0 Å². The van der Waals surface area contributed by atoms with Crippen molar-refractivity contribution < 1.29 is 36.9 Å². The monoisotopic (exact) mass is 405 g/mol. The van der Waals surface area contributed by atoms with E-state index < -0.39 is 138 Å². The number of benzene rings is 3. The third kappa shape index (κ3) is 6.01. The average molecular weight is 406 g/mol. The fourth-order valence-electron chi connectivity index (χ4n) is 2.24. The molecule has 0 aliphatic heterocycles. The van der Waals surface area contributed by atoms with Crippen molar-refractivity contribution in [1.29, 1.82) is 0 Å². The lowest BCUT2D eigenvalue weighted by Crippen LogP contribution is -2.22. The van der Waals surface area contributed by atoms with E-state index >= 15 is 0 Å². The molecule has 4 heteroatoms. The van der Waals surface area contributed by atoms with Crippen LogP contribution >= 0.6 is 0 Å². The van der Waals surface area contributed by atoms with E-state index in [0.29, 0.717) is 0 Å². The fraction of sp³-hybridized carbons (Fsp3) is 0.240. The molecule has 0 aromatic heterocycles. The Kier molecular flexibility index (Phi) is 2.91. The summed E-state index contributed by atoms with van der Waals surface area (Å²) in [6.45, 7) is -4.54. The first-order chi connectivity index (χ1) is 20.5. The maximum absolute atomic E-state index is 11.7. The van der Waals surface area contributed by atoms with Gasteiger partial charge in [0.2, 0.25) is 0 Å². The summed E-state index contributed by atoms with van der Waals surface area (Å²) in [4.78, 5) is 11.7. The minimum absolute atomic E-state index is 0.105. The Morgan fingerprint density at radius 2 is 1.79 bits per heavy atom. The maximum atomic E-state index is 11.7. The summed E-state index contributed by atoms with van der Waals surface area (Å²) in [5.41, 5.74) is -3.49. The quantitative estimate of drug-likeness (QED) is 0.486. The van der Waals surface area contributed by atoms with Crippen molar-refractivity contribution in [1.82, 2.24) is 5.32 Å². The summed E-state index contributed by atoms with van der Waals surface area (Å²) in [6.07, 6.45) is -3.67. The molecule has 0 radical (unpaired) electrons. The first-order valence-corrected chi connectivity index (χ1v) is 8.47. The molecule has 0 saturated heterocycles. The van der Waals surface area contributed by atoms with Crippen molar-refractivity contribution >= 4 is 5.97 Å². The van der Waals surface area contributed by atoms with Crippen LogP contribution in [-0.4, -0.2) is 29.2 Å². The van der Waals surface area contributed by atoms with Gasteiger partial charge in [-0.25, -0.2) is 4.79 Å². The highest BCUT2D eigenvalue weighted by atomic mass is 16.4. The highest BCUT2D eigenvalue weighted by Crippen LogP contribution is 2.22. The molecule has 0 saturated carbocycles. The third-order valence-electron chi connectivity index (χ3n) is 3.61. The van der Waals surface area contributed by atoms with Crippen molar-refractivity contribution in [2.75, 3.05) is 13.0 Å². The molecule has 3 N–H and O–H groups in total. The van der Waals surface area contributed by atoms with Gasteiger partial charge < -0.3 is 15.5 Å². The van der Waals surface area contributed by atoms with Crippen LogP contribution in [0.2, 0.25) is 0 Å². The lowest BCUT2D eigenvalue weighted by molar-refractivity contribution is 0.0697. The number of hydrogen-bond acceptors (Lipinski definition) is 3. The Morgan fingerprint density at radius 1 is 1.07 bits per heavy atom. The number of carboxylic acids is 1. The second-order valence-corrected chi connectivity index (χ2v) is 5.80. The molecule has 29 heavy (non-hydrogen) atoms. The topological polar surface area (TPSA) is 69.6 Å². The second kappa shape index (κ2) is 10.0. The van der Waals surface area contributed by atoms with Gasteiger partial charge in [0.1, 0.15) is 0 Å². The molecule has 1 atom stereocenters. The molecule has 0 bridgehead atoms. The van der Waals surface area contributed by atoms with Gasteiger partial charge >= 0.3 is 5.97 Å². The van der Waals surface area contributed by atoms with Crippen molar-refractivity contribution in [3.63, 3.8) is 0 Å². The van der Waals surface area contributed by atoms with Gasteiger partial charge in [-0.15, -0.1) is 0 Å². The minimum Gasteiger partial charge on any atom is -0.478 e. The van der Waals surface area contributed by atoms with E-state index in [1.807, 2.05) is 5.32 Å². The number of rotatable bonds is 9. The molecule has 0 fully saturated rings. The highest BCUT2D eigenvalue weighted by molar-refractivity contribution is 5.89. The number of carbonyl (C=O) groups is 1. The van der Waals surface area contributed by atoms with E-state index in [-0.39, 0.29) is 5.56 Å². The van der Waals surface area contributed by atoms with Gasteiger partial charge in [0.25, 0.3) is 0 Å². The van der Waals surface area contributed by atoms with Crippen LogP contribution in [0, 0.1) is 6.92 Å². The van der Waals surface area contributed by atoms with Crippen molar-refractivity contribution in [2.45, 2.75) is 25.9 Å². The fourth-order valence-corrected chi connectivity index (χ4v) is 2.24. The summed E-state index contributed by atoms with van der Waals surface area (Å²) < 4.78 is 131.